The van der Waals surface area contributed by atoms with Crippen molar-refractivity contribution in [3.8, 4) is 0 Å². The van der Waals surface area contributed by atoms with E-state index >= 15 is 0 Å². The number of aryl methyl sites for hydroxylation is 1. The first-order valence-corrected chi connectivity index (χ1v) is 5.22. The van der Waals surface area contributed by atoms with Crippen LogP contribution in [-0.4, -0.2) is 19.7 Å². The van der Waals surface area contributed by atoms with Crippen molar-refractivity contribution in [1.29, 1.82) is 0 Å². The minimum atomic E-state index is 0.657. The number of hydrogen-bond donors (Lipinski definition) is 3. The lowest BCUT2D eigenvalue weighted by Crippen LogP contribution is -1.94. The molecular formula is C11H12N6. The number of fused-ring (bicyclic) bond motifs is 1. The van der Waals surface area contributed by atoms with Gasteiger partial charge in [0.15, 0.2) is 5.82 Å². The Hall–Kier alpha value is -2.50. The van der Waals surface area contributed by atoms with Crippen LogP contribution in [0.25, 0.3) is 11.0 Å². The molecule has 6 nitrogen and oxygen atoms in total. The van der Waals surface area contributed by atoms with E-state index in [0.717, 1.165) is 16.9 Å². The highest BCUT2D eigenvalue weighted by Crippen LogP contribution is 2.19. The SMILES string of the molecule is Cn1ccc(Nc2nc3ccc(N)cc3[nH]2)n1. The number of nitrogens with zero attached hydrogens (tertiary/aromatic N) is 3. The average Bonchev–Trinajstić information content (AvgIpc) is 2.84. The highest BCUT2D eigenvalue weighted by Gasteiger charge is 2.04. The summed E-state index contributed by atoms with van der Waals surface area (Å²) in [5.74, 6) is 1.41. The molecule has 2 aromatic heterocycles. The minimum absolute atomic E-state index is 0.657. The number of hydrogen-bond acceptors (Lipinski definition) is 4. The van der Waals surface area contributed by atoms with E-state index in [1.165, 1.54) is 0 Å². The Morgan fingerprint density at radius 1 is 1.35 bits per heavy atom. The second-order valence-corrected chi connectivity index (χ2v) is 3.86. The Balaban J connectivity index is 1.95. The van der Waals surface area contributed by atoms with Crippen molar-refractivity contribution >= 4 is 28.5 Å². The standard InChI is InChI=1S/C11H12N6/c1-17-5-4-10(16-17)15-11-13-8-3-2-7(12)6-9(8)14-11/h2-6H,12H2,1H3,(H2,13,14,15,16). The molecule has 0 saturated heterocycles. The van der Waals surface area contributed by atoms with Crippen LogP contribution in [0.1, 0.15) is 0 Å². The van der Waals surface area contributed by atoms with Gasteiger partial charge < -0.3 is 16.0 Å². The van der Waals surface area contributed by atoms with Gasteiger partial charge in [-0.2, -0.15) is 5.10 Å². The van der Waals surface area contributed by atoms with Gasteiger partial charge in [0.05, 0.1) is 11.0 Å². The van der Waals surface area contributed by atoms with Gasteiger partial charge in [-0.25, -0.2) is 4.98 Å². The van der Waals surface area contributed by atoms with Crippen LogP contribution in [0.4, 0.5) is 17.5 Å². The number of nitrogens with two attached hydrogens (primary N) is 1. The monoisotopic (exact) mass is 228 g/mol. The zero-order valence-electron chi connectivity index (χ0n) is 9.31. The number of anilines is 3. The molecular weight excluding hydrogens is 216 g/mol. The molecule has 1 aromatic carbocycles. The van der Waals surface area contributed by atoms with Crippen LogP contribution < -0.4 is 11.1 Å². The van der Waals surface area contributed by atoms with Gasteiger partial charge >= 0.3 is 0 Å². The normalized spacial score (nSPS) is 10.9. The van der Waals surface area contributed by atoms with Gasteiger partial charge in [-0.05, 0) is 18.2 Å². The third-order valence-corrected chi connectivity index (χ3v) is 2.47. The molecule has 6 heteroatoms. The molecule has 2 heterocycles. The fourth-order valence-corrected chi connectivity index (χ4v) is 1.69. The van der Waals surface area contributed by atoms with Crippen molar-refractivity contribution in [2.75, 3.05) is 11.1 Å². The lowest BCUT2D eigenvalue weighted by atomic mass is 10.3. The summed E-state index contributed by atoms with van der Waals surface area (Å²) in [5, 5.41) is 7.31. The van der Waals surface area contributed by atoms with Crippen LogP contribution in [0, 0.1) is 0 Å². The van der Waals surface area contributed by atoms with Gasteiger partial charge in [-0.15, -0.1) is 0 Å². The Kier molecular flexibility index (Phi) is 2.01. The molecule has 0 saturated carbocycles. The second-order valence-electron chi connectivity index (χ2n) is 3.86. The zero-order valence-corrected chi connectivity index (χ0v) is 9.31. The van der Waals surface area contributed by atoms with Crippen molar-refractivity contribution in [2.24, 2.45) is 7.05 Å². The fourth-order valence-electron chi connectivity index (χ4n) is 1.69. The topological polar surface area (TPSA) is 84.5 Å². The molecule has 0 amide bonds. The van der Waals surface area contributed by atoms with Crippen LogP contribution in [0.5, 0.6) is 0 Å². The first-order chi connectivity index (χ1) is 8.20. The van der Waals surface area contributed by atoms with Crippen LogP contribution in [0.15, 0.2) is 30.5 Å². The molecule has 86 valence electrons. The first kappa shape index (κ1) is 9.71. The maximum Gasteiger partial charge on any atom is 0.206 e. The summed E-state index contributed by atoms with van der Waals surface area (Å²) in [6, 6.07) is 7.44. The number of nitrogens with one attached hydrogen (secondary N) is 2. The van der Waals surface area contributed by atoms with E-state index in [-0.39, 0.29) is 0 Å². The Morgan fingerprint density at radius 2 is 2.24 bits per heavy atom. The van der Waals surface area contributed by atoms with E-state index in [4.69, 9.17) is 5.73 Å². The Morgan fingerprint density at radius 3 is 3.00 bits per heavy atom. The third-order valence-electron chi connectivity index (χ3n) is 2.47. The molecule has 0 aliphatic heterocycles. The smallest absolute Gasteiger partial charge is 0.206 e. The maximum atomic E-state index is 5.71. The summed E-state index contributed by atoms with van der Waals surface area (Å²) in [5.41, 5.74) is 8.20. The number of aromatic nitrogens is 4. The van der Waals surface area contributed by atoms with Gasteiger partial charge in [-0.1, -0.05) is 0 Å². The summed E-state index contributed by atoms with van der Waals surface area (Å²) in [4.78, 5) is 7.53. The van der Waals surface area contributed by atoms with Crippen molar-refractivity contribution in [2.45, 2.75) is 0 Å². The third kappa shape index (κ3) is 1.80. The largest absolute Gasteiger partial charge is 0.399 e. The van der Waals surface area contributed by atoms with E-state index in [9.17, 15) is 0 Å². The lowest BCUT2D eigenvalue weighted by Gasteiger charge is -1.95. The summed E-state index contributed by atoms with van der Waals surface area (Å²) in [6.45, 7) is 0. The molecule has 4 N–H and O–H groups in total. The number of benzene rings is 1. The van der Waals surface area contributed by atoms with E-state index in [2.05, 4.69) is 20.4 Å². The average molecular weight is 228 g/mol. The van der Waals surface area contributed by atoms with E-state index in [1.54, 1.807) is 4.68 Å². The number of imidazole rings is 1. The Bertz CT molecular complexity index is 665. The molecule has 0 fully saturated rings. The highest BCUT2D eigenvalue weighted by molar-refractivity contribution is 5.81. The lowest BCUT2D eigenvalue weighted by molar-refractivity contribution is 0.771. The van der Waals surface area contributed by atoms with Gasteiger partial charge in [0.2, 0.25) is 5.95 Å². The van der Waals surface area contributed by atoms with Crippen LogP contribution >= 0.6 is 0 Å². The van der Waals surface area contributed by atoms with Gasteiger partial charge in [0.25, 0.3) is 0 Å². The summed E-state index contributed by atoms with van der Waals surface area (Å²) in [6.07, 6.45) is 1.86. The number of nitrogen functional groups attached to an aromatic ring is 1. The zero-order chi connectivity index (χ0) is 11.8. The van der Waals surface area contributed by atoms with Gasteiger partial charge in [-0.3, -0.25) is 4.68 Å². The first-order valence-electron chi connectivity index (χ1n) is 5.22. The van der Waals surface area contributed by atoms with Crippen LogP contribution in [0.3, 0.4) is 0 Å². The number of aromatic amines is 1. The molecule has 0 atom stereocenters. The minimum Gasteiger partial charge on any atom is -0.399 e. The molecule has 0 unspecified atom stereocenters. The molecule has 0 aliphatic rings. The van der Waals surface area contributed by atoms with Crippen molar-refractivity contribution in [1.82, 2.24) is 19.7 Å². The highest BCUT2D eigenvalue weighted by atomic mass is 15.3. The quantitative estimate of drug-likeness (QED) is 0.582. The molecule has 17 heavy (non-hydrogen) atoms. The van der Waals surface area contributed by atoms with Crippen LogP contribution in [-0.2, 0) is 7.05 Å². The van der Waals surface area contributed by atoms with E-state index in [0.29, 0.717) is 11.6 Å². The molecule has 0 bridgehead atoms. The second kappa shape index (κ2) is 3.51. The summed E-state index contributed by atoms with van der Waals surface area (Å²) >= 11 is 0. The van der Waals surface area contributed by atoms with E-state index < -0.39 is 0 Å². The molecule has 0 aliphatic carbocycles. The molecule has 3 aromatic rings. The predicted octanol–water partition coefficient (Wildman–Crippen LogP) is 1.62. The molecule has 0 radical (unpaired) electrons. The summed E-state index contributed by atoms with van der Waals surface area (Å²) in [7, 11) is 1.87. The fraction of sp³-hybridized carbons (Fsp3) is 0.0909. The van der Waals surface area contributed by atoms with Gasteiger partial charge in [0, 0.05) is 25.0 Å². The van der Waals surface area contributed by atoms with Crippen molar-refractivity contribution in [3.63, 3.8) is 0 Å². The number of rotatable bonds is 2. The Labute approximate surface area is 97.5 Å². The van der Waals surface area contributed by atoms with Gasteiger partial charge in [0.1, 0.15) is 0 Å². The van der Waals surface area contributed by atoms with E-state index in [1.807, 2.05) is 37.5 Å². The van der Waals surface area contributed by atoms with Crippen LogP contribution in [0.2, 0.25) is 0 Å². The predicted molar refractivity (Wildman–Crippen MR) is 67.0 cm³/mol. The maximum absolute atomic E-state index is 5.71. The molecule has 3 rings (SSSR count). The summed E-state index contributed by atoms with van der Waals surface area (Å²) < 4.78 is 1.73. The number of H-pyrrole nitrogens is 1. The van der Waals surface area contributed by atoms with Crippen molar-refractivity contribution < 1.29 is 0 Å². The molecule has 0 spiro atoms. The van der Waals surface area contributed by atoms with Crippen molar-refractivity contribution in [3.05, 3.63) is 30.5 Å².